The molecule has 7 heteroatoms. The molecule has 0 radical (unpaired) electrons. The van der Waals surface area contributed by atoms with Gasteiger partial charge in [-0.1, -0.05) is 0 Å². The second kappa shape index (κ2) is 5.66. The molecule has 0 N–H and O–H groups in total. The minimum absolute atomic E-state index is 0.167. The number of hydrogen-bond acceptors (Lipinski definition) is 4. The van der Waals surface area contributed by atoms with Gasteiger partial charge in [-0.05, 0) is 32.0 Å². The topological polar surface area (TPSA) is 56.6 Å². The van der Waals surface area contributed by atoms with Crippen LogP contribution in [0.5, 0.6) is 5.75 Å². The number of rotatable bonds is 2. The molecule has 3 rings (SSSR count). The first-order valence-corrected chi connectivity index (χ1v) is 7.20. The molecule has 0 spiro atoms. The van der Waals surface area contributed by atoms with Crippen molar-refractivity contribution in [2.24, 2.45) is 0 Å². The van der Waals surface area contributed by atoms with E-state index < -0.39 is 5.82 Å². The summed E-state index contributed by atoms with van der Waals surface area (Å²) in [7, 11) is 1.41. The summed E-state index contributed by atoms with van der Waals surface area (Å²) in [6, 6.07) is 4.34. The van der Waals surface area contributed by atoms with Crippen LogP contribution in [0.15, 0.2) is 30.7 Å². The first kappa shape index (κ1) is 15.5. The van der Waals surface area contributed by atoms with E-state index in [4.69, 9.17) is 9.47 Å². The fourth-order valence-electron chi connectivity index (χ4n) is 2.50. The molecular formula is C16H18FN3O3. The monoisotopic (exact) mass is 319 g/mol. The summed E-state index contributed by atoms with van der Waals surface area (Å²) < 4.78 is 25.4. The van der Waals surface area contributed by atoms with Crippen molar-refractivity contribution in [1.82, 2.24) is 14.5 Å². The van der Waals surface area contributed by atoms with Crippen LogP contribution in [0, 0.1) is 5.82 Å². The summed E-state index contributed by atoms with van der Waals surface area (Å²) in [4.78, 5) is 18.4. The maximum Gasteiger partial charge on any atom is 0.331 e. The van der Waals surface area contributed by atoms with Gasteiger partial charge in [0.2, 0.25) is 0 Å². The average molecular weight is 319 g/mol. The second-order valence-electron chi connectivity index (χ2n) is 6.02. The molecule has 2 heterocycles. The predicted octanol–water partition coefficient (Wildman–Crippen LogP) is 2.73. The van der Waals surface area contributed by atoms with Crippen LogP contribution in [0.4, 0.5) is 9.18 Å². The fourth-order valence-corrected chi connectivity index (χ4v) is 2.50. The number of halogens is 1. The lowest BCUT2D eigenvalue weighted by Crippen LogP contribution is -2.45. The van der Waals surface area contributed by atoms with Gasteiger partial charge in [-0.2, -0.15) is 0 Å². The molecular weight excluding hydrogens is 301 g/mol. The normalized spacial score (nSPS) is 16.6. The minimum atomic E-state index is -0.472. The summed E-state index contributed by atoms with van der Waals surface area (Å²) in [5, 5.41) is 0. The van der Waals surface area contributed by atoms with Crippen molar-refractivity contribution in [3.8, 4) is 17.0 Å². The first-order valence-electron chi connectivity index (χ1n) is 7.20. The molecule has 0 atom stereocenters. The number of imidazole rings is 1. The van der Waals surface area contributed by atoms with Crippen LogP contribution in [-0.4, -0.2) is 46.5 Å². The summed E-state index contributed by atoms with van der Waals surface area (Å²) >= 11 is 0. The van der Waals surface area contributed by atoms with E-state index in [-0.39, 0.29) is 24.1 Å². The van der Waals surface area contributed by atoms with Crippen LogP contribution in [0.1, 0.15) is 13.8 Å². The highest BCUT2D eigenvalue weighted by Gasteiger charge is 2.37. The number of aromatic nitrogens is 2. The number of nitrogens with zero attached hydrogens (tertiary/aromatic N) is 3. The number of carbonyl (C=O) groups is 1. The van der Waals surface area contributed by atoms with E-state index in [9.17, 15) is 9.18 Å². The van der Waals surface area contributed by atoms with Crippen molar-refractivity contribution < 1.29 is 18.7 Å². The second-order valence-corrected chi connectivity index (χ2v) is 6.02. The zero-order valence-electron chi connectivity index (χ0n) is 13.2. The number of amides is 1. The number of carbonyl (C=O) groups excluding carboxylic acids is 1. The van der Waals surface area contributed by atoms with Crippen LogP contribution < -0.4 is 4.74 Å². The zero-order chi connectivity index (χ0) is 16.6. The molecule has 1 aromatic heterocycles. The van der Waals surface area contributed by atoms with Crippen molar-refractivity contribution in [3.63, 3.8) is 0 Å². The smallest absolute Gasteiger partial charge is 0.331 e. The molecule has 1 aliphatic heterocycles. The lowest BCUT2D eigenvalue weighted by molar-refractivity contribution is 0.140. The van der Waals surface area contributed by atoms with Gasteiger partial charge in [-0.3, -0.25) is 9.47 Å². The van der Waals surface area contributed by atoms with Gasteiger partial charge in [-0.25, -0.2) is 14.2 Å². The SMILES string of the molecule is COc1ccc(-c2cn(C(=O)N3COCC3(C)C)cn2)cc1F. The Bertz CT molecular complexity index is 742. The van der Waals surface area contributed by atoms with E-state index in [1.807, 2.05) is 13.8 Å². The first-order chi connectivity index (χ1) is 10.9. The predicted molar refractivity (Wildman–Crippen MR) is 81.7 cm³/mol. The molecule has 0 saturated carbocycles. The molecule has 2 aromatic rings. The molecule has 0 aliphatic carbocycles. The molecule has 1 saturated heterocycles. The maximum absolute atomic E-state index is 13.8. The number of benzene rings is 1. The lowest BCUT2D eigenvalue weighted by Gasteiger charge is -2.28. The van der Waals surface area contributed by atoms with Crippen LogP contribution in [0.2, 0.25) is 0 Å². The Morgan fingerprint density at radius 1 is 1.43 bits per heavy atom. The number of methoxy groups -OCH3 is 1. The Morgan fingerprint density at radius 3 is 2.83 bits per heavy atom. The third-order valence-electron chi connectivity index (χ3n) is 3.89. The minimum Gasteiger partial charge on any atom is -0.494 e. The van der Waals surface area contributed by atoms with Gasteiger partial charge >= 0.3 is 6.03 Å². The van der Waals surface area contributed by atoms with E-state index >= 15 is 0 Å². The standard InChI is InChI=1S/C16H18FN3O3/c1-16(2)8-23-10-20(16)15(21)19-7-13(18-9-19)11-4-5-14(22-3)12(17)6-11/h4-7,9H,8,10H2,1-3H3. The molecule has 6 nitrogen and oxygen atoms in total. The van der Waals surface area contributed by atoms with Gasteiger partial charge in [0.25, 0.3) is 0 Å². The average Bonchev–Trinajstić information content (AvgIpc) is 3.13. The molecule has 1 amide bonds. The Morgan fingerprint density at radius 2 is 2.22 bits per heavy atom. The third kappa shape index (κ3) is 2.79. The van der Waals surface area contributed by atoms with Crippen molar-refractivity contribution in [2.75, 3.05) is 20.4 Å². The van der Waals surface area contributed by atoms with Gasteiger partial charge in [0.15, 0.2) is 11.6 Å². The van der Waals surface area contributed by atoms with E-state index in [2.05, 4.69) is 4.98 Å². The maximum atomic E-state index is 13.8. The van der Waals surface area contributed by atoms with E-state index in [0.717, 1.165) is 0 Å². The number of ether oxygens (including phenoxy) is 2. The van der Waals surface area contributed by atoms with Crippen LogP contribution in [0.3, 0.4) is 0 Å². The van der Waals surface area contributed by atoms with Crippen molar-refractivity contribution in [3.05, 3.63) is 36.5 Å². The third-order valence-corrected chi connectivity index (χ3v) is 3.89. The summed E-state index contributed by atoms with van der Waals surface area (Å²) in [6.07, 6.45) is 3.01. The van der Waals surface area contributed by atoms with E-state index in [0.29, 0.717) is 17.9 Å². The Kier molecular flexibility index (Phi) is 3.81. The Hall–Kier alpha value is -2.41. The van der Waals surface area contributed by atoms with Gasteiger partial charge in [0.1, 0.15) is 13.1 Å². The summed E-state index contributed by atoms with van der Waals surface area (Å²) in [5.41, 5.74) is 0.720. The highest BCUT2D eigenvalue weighted by Crippen LogP contribution is 2.26. The lowest BCUT2D eigenvalue weighted by atomic mass is 10.1. The summed E-state index contributed by atoms with van der Waals surface area (Å²) in [5.74, 6) is -0.305. The molecule has 23 heavy (non-hydrogen) atoms. The molecule has 0 bridgehead atoms. The largest absolute Gasteiger partial charge is 0.494 e. The zero-order valence-corrected chi connectivity index (χ0v) is 13.2. The van der Waals surface area contributed by atoms with Gasteiger partial charge in [-0.15, -0.1) is 0 Å². The molecule has 1 aromatic carbocycles. The van der Waals surface area contributed by atoms with Gasteiger partial charge in [0.05, 0.1) is 24.9 Å². The fraction of sp³-hybridized carbons (Fsp3) is 0.375. The quantitative estimate of drug-likeness (QED) is 0.854. The van der Waals surface area contributed by atoms with Crippen molar-refractivity contribution in [2.45, 2.75) is 19.4 Å². The van der Waals surface area contributed by atoms with Crippen LogP contribution in [-0.2, 0) is 4.74 Å². The van der Waals surface area contributed by atoms with Crippen LogP contribution in [0.25, 0.3) is 11.3 Å². The highest BCUT2D eigenvalue weighted by atomic mass is 19.1. The number of hydrogen-bond donors (Lipinski definition) is 0. The highest BCUT2D eigenvalue weighted by molar-refractivity contribution is 5.79. The van der Waals surface area contributed by atoms with Crippen LogP contribution >= 0.6 is 0 Å². The van der Waals surface area contributed by atoms with E-state index in [1.54, 1.807) is 17.2 Å². The van der Waals surface area contributed by atoms with Crippen molar-refractivity contribution in [1.29, 1.82) is 0 Å². The Balaban J connectivity index is 1.86. The Labute approximate surface area is 133 Å². The molecule has 1 aliphatic rings. The van der Waals surface area contributed by atoms with Gasteiger partial charge < -0.3 is 9.47 Å². The molecule has 122 valence electrons. The van der Waals surface area contributed by atoms with Gasteiger partial charge in [0, 0.05) is 11.8 Å². The summed E-state index contributed by atoms with van der Waals surface area (Å²) in [6.45, 7) is 4.61. The molecule has 0 unspecified atom stereocenters. The van der Waals surface area contributed by atoms with Crippen molar-refractivity contribution >= 4 is 6.03 Å². The molecule has 1 fully saturated rings. The van der Waals surface area contributed by atoms with E-state index in [1.165, 1.54) is 30.1 Å².